The average Bonchev–Trinajstić information content (AvgIpc) is 3.11. The van der Waals surface area contributed by atoms with E-state index in [0.717, 1.165) is 55.6 Å². The maximum Gasteiger partial charge on any atom is 0.220 e. The van der Waals surface area contributed by atoms with E-state index in [4.69, 9.17) is 0 Å². The molecule has 0 amide bonds. The maximum absolute atomic E-state index is 13.8. The number of Topliss-reactive ketones (excluding diaryl/α,β-unsaturated/α-hetero) is 1. The number of ketones is 1. The van der Waals surface area contributed by atoms with Gasteiger partial charge in [0.15, 0.2) is 0 Å². The first-order chi connectivity index (χ1) is 17.0. The van der Waals surface area contributed by atoms with Crippen LogP contribution in [0.2, 0.25) is 0 Å². The van der Waals surface area contributed by atoms with Crippen molar-refractivity contribution in [2.24, 2.45) is 0 Å². The van der Waals surface area contributed by atoms with Gasteiger partial charge in [-0.15, -0.1) is 0 Å². The van der Waals surface area contributed by atoms with E-state index in [1.54, 1.807) is 0 Å². The molecule has 2 nitrogen and oxygen atoms in total. The zero-order chi connectivity index (χ0) is 26.0. The van der Waals surface area contributed by atoms with Crippen molar-refractivity contribution in [1.29, 1.82) is 0 Å². The van der Waals surface area contributed by atoms with Crippen molar-refractivity contribution in [3.05, 3.63) is 99.0 Å². The highest BCUT2D eigenvalue weighted by Crippen LogP contribution is 2.51. The zero-order valence-electron chi connectivity index (χ0n) is 22.7. The summed E-state index contributed by atoms with van der Waals surface area (Å²) in [5.41, 5.74) is 13.2. The van der Waals surface area contributed by atoms with Gasteiger partial charge in [-0.1, -0.05) is 58.0 Å². The van der Waals surface area contributed by atoms with Crippen LogP contribution in [-0.4, -0.2) is 11.9 Å². The minimum atomic E-state index is -1.06. The van der Waals surface area contributed by atoms with E-state index in [1.807, 2.05) is 0 Å². The standard InChI is InChI=1S/C34H36O2/c1-17(2)23-11-9-19(5)29-25(15-23)21(7)13-27(29)31-33(35)32(34(31)36)28-14-22(8)26-16-24(18(3)4)12-10-20(6)30(26)28/h9-18,31,33H,1-8H3. The Morgan fingerprint density at radius 2 is 1.19 bits per heavy atom. The Kier molecular flexibility index (Phi) is 6.00. The van der Waals surface area contributed by atoms with Crippen molar-refractivity contribution >= 4 is 5.78 Å². The fraction of sp³-hybridized carbons (Fsp3) is 0.353. The molecular formula is C34H36O2. The molecule has 0 aromatic rings. The van der Waals surface area contributed by atoms with Gasteiger partial charge in [-0.3, -0.25) is 4.79 Å². The van der Waals surface area contributed by atoms with Gasteiger partial charge in [0, 0.05) is 11.1 Å². The van der Waals surface area contributed by atoms with E-state index in [-0.39, 0.29) is 5.78 Å². The second kappa shape index (κ2) is 8.78. The summed E-state index contributed by atoms with van der Waals surface area (Å²) in [6.45, 7) is 17.1. The minimum Gasteiger partial charge on any atom is -0.837 e. The van der Waals surface area contributed by atoms with Gasteiger partial charge in [0.25, 0.3) is 0 Å². The number of rotatable bonds is 4. The van der Waals surface area contributed by atoms with Crippen molar-refractivity contribution in [1.82, 2.24) is 0 Å². The first-order valence-electron chi connectivity index (χ1n) is 13.2. The number of aryl methyl sites for hydroxylation is 4. The van der Waals surface area contributed by atoms with Crippen LogP contribution in [0.3, 0.4) is 0 Å². The van der Waals surface area contributed by atoms with Crippen molar-refractivity contribution in [2.75, 3.05) is 0 Å². The van der Waals surface area contributed by atoms with Gasteiger partial charge in [-0.2, -0.15) is 0 Å². The monoisotopic (exact) mass is 476 g/mol. The van der Waals surface area contributed by atoms with E-state index in [2.05, 4.69) is 104 Å². The van der Waals surface area contributed by atoms with Crippen LogP contribution in [0.5, 0.6) is 0 Å². The quantitative estimate of drug-likeness (QED) is 0.288. The Morgan fingerprint density at radius 3 is 1.72 bits per heavy atom. The lowest BCUT2D eigenvalue weighted by atomic mass is 9.63. The van der Waals surface area contributed by atoms with Crippen molar-refractivity contribution < 1.29 is 9.90 Å². The molecule has 0 heterocycles. The van der Waals surface area contributed by atoms with Crippen LogP contribution in [0.15, 0.2) is 48.5 Å². The summed E-state index contributed by atoms with van der Waals surface area (Å²) in [6.07, 6.45) is -1.06. The molecule has 5 aliphatic carbocycles. The maximum atomic E-state index is 13.8. The summed E-state index contributed by atoms with van der Waals surface area (Å²) in [4.78, 5) is 13.8. The molecule has 1 saturated carbocycles. The highest BCUT2D eigenvalue weighted by molar-refractivity contribution is 6.12. The normalized spacial score (nSPS) is 18.1. The molecule has 1 fully saturated rings. The molecule has 0 aliphatic heterocycles. The molecule has 2 atom stereocenters. The molecule has 0 radical (unpaired) electrons. The van der Waals surface area contributed by atoms with Gasteiger partial charge in [-0.25, -0.2) is 0 Å². The minimum absolute atomic E-state index is 0.0150. The Balaban J connectivity index is 1.57. The van der Waals surface area contributed by atoms with Crippen LogP contribution in [0.1, 0.15) is 90.0 Å². The molecule has 184 valence electrons. The van der Waals surface area contributed by atoms with Crippen molar-refractivity contribution in [2.45, 2.75) is 79.2 Å². The van der Waals surface area contributed by atoms with Crippen LogP contribution < -0.4 is 5.11 Å². The predicted octanol–water partition coefficient (Wildman–Crippen LogP) is 7.39. The van der Waals surface area contributed by atoms with Crippen LogP contribution >= 0.6 is 0 Å². The Hall–Kier alpha value is -3.10. The summed E-state index contributed by atoms with van der Waals surface area (Å²) in [7, 11) is 0. The molecule has 2 heteroatoms. The Bertz CT molecular complexity index is 1320. The number of hydrogen-bond donors (Lipinski definition) is 0. The average molecular weight is 477 g/mol. The SMILES string of the molecule is Cc1cc([C+]2C(=O)C(c3cc(C)c4cc(C(C)C)ccc(C)c3-4)C2[O-])c2c(C)ccc(C(C)C)cc1-2. The predicted molar refractivity (Wildman–Crippen MR) is 147 cm³/mol. The summed E-state index contributed by atoms with van der Waals surface area (Å²) in [6, 6.07) is 17.2. The highest BCUT2D eigenvalue weighted by Gasteiger charge is 2.53. The molecule has 0 aromatic carbocycles. The topological polar surface area (TPSA) is 40.1 Å². The first kappa shape index (κ1) is 24.6. The van der Waals surface area contributed by atoms with Gasteiger partial charge >= 0.3 is 0 Å². The number of carbonyl (C=O) groups is 1. The number of fused-ring (bicyclic) bond motifs is 2. The number of carbonyl (C=O) groups excluding carboxylic acids is 1. The second-order valence-corrected chi connectivity index (χ2v) is 11.4. The fourth-order valence-electron chi connectivity index (χ4n) is 6.00. The molecule has 36 heavy (non-hydrogen) atoms. The highest BCUT2D eigenvalue weighted by atomic mass is 16.3. The third-order valence-electron chi connectivity index (χ3n) is 8.24. The molecule has 0 saturated heterocycles. The summed E-state index contributed by atoms with van der Waals surface area (Å²) in [5.74, 6) is 0.617. The van der Waals surface area contributed by atoms with Crippen LogP contribution in [0.4, 0.5) is 0 Å². The molecule has 0 spiro atoms. The molecular weight excluding hydrogens is 440 g/mol. The van der Waals surface area contributed by atoms with Gasteiger partial charge in [0.05, 0.1) is 29.0 Å². The zero-order valence-corrected chi connectivity index (χ0v) is 22.7. The lowest BCUT2D eigenvalue weighted by Crippen LogP contribution is -2.56. The van der Waals surface area contributed by atoms with Crippen LogP contribution in [0, 0.1) is 33.6 Å². The molecule has 0 aromatic heterocycles. The Morgan fingerprint density at radius 1 is 0.694 bits per heavy atom. The third-order valence-corrected chi connectivity index (χ3v) is 8.24. The molecule has 5 aliphatic rings. The van der Waals surface area contributed by atoms with Gasteiger partial charge in [0.2, 0.25) is 5.78 Å². The summed E-state index contributed by atoms with van der Waals surface area (Å²) < 4.78 is 0. The smallest absolute Gasteiger partial charge is 0.220 e. The molecule has 2 unspecified atom stereocenters. The van der Waals surface area contributed by atoms with E-state index in [1.165, 1.54) is 11.1 Å². The van der Waals surface area contributed by atoms with Gasteiger partial charge < -0.3 is 5.11 Å². The summed E-state index contributed by atoms with van der Waals surface area (Å²) >= 11 is 0. The van der Waals surface area contributed by atoms with Gasteiger partial charge in [0.1, 0.15) is 5.56 Å². The van der Waals surface area contributed by atoms with Crippen LogP contribution in [0.25, 0.3) is 22.3 Å². The molecule has 0 bridgehead atoms. The number of hydrogen-bond acceptors (Lipinski definition) is 2. The van der Waals surface area contributed by atoms with Crippen molar-refractivity contribution in [3.63, 3.8) is 0 Å². The largest absolute Gasteiger partial charge is 0.837 e. The van der Waals surface area contributed by atoms with E-state index >= 15 is 0 Å². The lowest BCUT2D eigenvalue weighted by molar-refractivity contribution is -0.422. The van der Waals surface area contributed by atoms with E-state index < -0.39 is 12.0 Å². The fourth-order valence-corrected chi connectivity index (χ4v) is 6.00. The van der Waals surface area contributed by atoms with E-state index in [9.17, 15) is 9.90 Å². The molecule has 0 N–H and O–H groups in total. The first-order valence-corrected chi connectivity index (χ1v) is 13.2. The Labute approximate surface area is 216 Å². The second-order valence-electron chi connectivity index (χ2n) is 11.4. The lowest BCUT2D eigenvalue weighted by Gasteiger charge is -2.43. The van der Waals surface area contributed by atoms with Crippen molar-refractivity contribution in [3.8, 4) is 22.3 Å². The van der Waals surface area contributed by atoms with E-state index in [0.29, 0.717) is 17.8 Å². The van der Waals surface area contributed by atoms with Gasteiger partial charge in [-0.05, 0) is 96.7 Å². The third kappa shape index (κ3) is 3.66. The molecule has 5 rings (SSSR count). The van der Waals surface area contributed by atoms with Crippen LogP contribution in [-0.2, 0) is 4.79 Å². The summed E-state index contributed by atoms with van der Waals surface area (Å²) in [5, 5.41) is 13.8.